The fraction of sp³-hybridized carbons (Fsp3) is 0.100. The molecule has 2 aromatic carbocycles. The lowest BCUT2D eigenvalue weighted by Gasteiger charge is -2.04. The highest BCUT2D eigenvalue weighted by Gasteiger charge is 2.32. The van der Waals surface area contributed by atoms with Gasteiger partial charge in [-0.3, -0.25) is 9.59 Å². The summed E-state index contributed by atoms with van der Waals surface area (Å²) in [4.78, 5) is 24.2. The van der Waals surface area contributed by atoms with Crippen molar-refractivity contribution in [2.45, 2.75) is 11.7 Å². The maximum Gasteiger partial charge on any atom is 0.240 e. The fourth-order valence-corrected chi connectivity index (χ4v) is 3.28. The van der Waals surface area contributed by atoms with Crippen LogP contribution in [0.4, 0.5) is 4.39 Å². The standard InChI is InChI=1S/C20H16FN3O2S/c21-16-10-8-15(9-11-16)17(25)13-18-19(26)23-20(27-18)24-22-12-4-7-14-5-2-1-3-6-14/h1-12,18H,13H2,(H,23,24,26)/b7-4-,22-12-. The summed E-state index contributed by atoms with van der Waals surface area (Å²) < 4.78 is 12.9. The molecule has 0 aromatic heterocycles. The van der Waals surface area contributed by atoms with Crippen molar-refractivity contribution in [1.82, 2.24) is 5.32 Å². The number of carbonyl (C=O) groups excluding carboxylic acids is 2. The normalized spacial score (nSPS) is 18.5. The number of ketones is 1. The first kappa shape index (κ1) is 18.7. The van der Waals surface area contributed by atoms with E-state index in [4.69, 9.17) is 0 Å². The molecule has 1 fully saturated rings. The van der Waals surface area contributed by atoms with E-state index < -0.39 is 11.1 Å². The second-order valence-corrected chi connectivity index (χ2v) is 6.86. The summed E-state index contributed by atoms with van der Waals surface area (Å²) in [5.74, 6) is -0.921. The number of amides is 1. The topological polar surface area (TPSA) is 70.9 Å². The summed E-state index contributed by atoms with van der Waals surface area (Å²) in [7, 11) is 0. The zero-order valence-electron chi connectivity index (χ0n) is 14.2. The first-order chi connectivity index (χ1) is 13.1. The summed E-state index contributed by atoms with van der Waals surface area (Å²) in [6.07, 6.45) is 5.16. The average molecular weight is 381 g/mol. The van der Waals surface area contributed by atoms with Gasteiger partial charge in [-0.05, 0) is 35.9 Å². The van der Waals surface area contributed by atoms with Crippen LogP contribution in [0.1, 0.15) is 22.3 Å². The maximum atomic E-state index is 12.9. The number of halogens is 1. The van der Waals surface area contributed by atoms with E-state index in [0.29, 0.717) is 10.7 Å². The van der Waals surface area contributed by atoms with E-state index >= 15 is 0 Å². The molecule has 0 aliphatic carbocycles. The van der Waals surface area contributed by atoms with Crippen molar-refractivity contribution in [3.63, 3.8) is 0 Å². The van der Waals surface area contributed by atoms with E-state index in [1.54, 1.807) is 6.08 Å². The van der Waals surface area contributed by atoms with Crippen molar-refractivity contribution in [1.29, 1.82) is 0 Å². The molecule has 1 heterocycles. The largest absolute Gasteiger partial charge is 0.303 e. The molecule has 0 radical (unpaired) electrons. The number of nitrogens with one attached hydrogen (secondary N) is 1. The van der Waals surface area contributed by atoms with Crippen molar-refractivity contribution in [3.05, 3.63) is 77.6 Å². The van der Waals surface area contributed by atoms with E-state index in [0.717, 1.165) is 17.3 Å². The van der Waals surface area contributed by atoms with Crippen LogP contribution in [0.5, 0.6) is 0 Å². The molecule has 1 N–H and O–H groups in total. The highest BCUT2D eigenvalue weighted by molar-refractivity contribution is 8.15. The van der Waals surface area contributed by atoms with Gasteiger partial charge in [-0.1, -0.05) is 48.2 Å². The van der Waals surface area contributed by atoms with Crippen molar-refractivity contribution in [2.75, 3.05) is 0 Å². The lowest BCUT2D eigenvalue weighted by molar-refractivity contribution is -0.118. The van der Waals surface area contributed by atoms with Gasteiger partial charge in [0, 0.05) is 18.2 Å². The number of Topliss-reactive ketones (excluding diaryl/α,β-unsaturated/α-hetero) is 1. The molecule has 136 valence electrons. The third-order valence-electron chi connectivity index (χ3n) is 3.70. The molecule has 3 rings (SSSR count). The molecule has 0 bridgehead atoms. The van der Waals surface area contributed by atoms with E-state index in [9.17, 15) is 14.0 Å². The Morgan fingerprint density at radius 2 is 1.89 bits per heavy atom. The minimum Gasteiger partial charge on any atom is -0.303 e. The zero-order chi connectivity index (χ0) is 19.1. The quantitative estimate of drug-likeness (QED) is 0.471. The molecule has 2 aromatic rings. The SMILES string of the molecule is O=C(CC1S/C(=N/N=C\C=C/c2ccccc2)NC1=O)c1ccc(F)cc1. The number of rotatable bonds is 6. The van der Waals surface area contributed by atoms with Gasteiger partial charge >= 0.3 is 0 Å². The number of carbonyl (C=O) groups is 2. The molecule has 1 unspecified atom stereocenters. The Bertz CT molecular complexity index is 909. The Labute approximate surface area is 160 Å². The number of benzene rings is 2. The van der Waals surface area contributed by atoms with Gasteiger partial charge in [0.2, 0.25) is 5.91 Å². The van der Waals surface area contributed by atoms with Crippen molar-refractivity contribution in [3.8, 4) is 0 Å². The van der Waals surface area contributed by atoms with Gasteiger partial charge in [0.25, 0.3) is 0 Å². The zero-order valence-corrected chi connectivity index (χ0v) is 15.0. The number of allylic oxidation sites excluding steroid dienone is 1. The van der Waals surface area contributed by atoms with E-state index in [1.165, 1.54) is 30.5 Å². The number of nitrogens with zero attached hydrogens (tertiary/aromatic N) is 2. The first-order valence-electron chi connectivity index (χ1n) is 8.21. The molecule has 1 saturated heterocycles. The van der Waals surface area contributed by atoms with Gasteiger partial charge in [0.15, 0.2) is 11.0 Å². The lowest BCUT2D eigenvalue weighted by Crippen LogP contribution is -2.26. The molecule has 0 saturated carbocycles. The van der Waals surface area contributed by atoms with Crippen molar-refractivity contribution >= 4 is 40.9 Å². The number of hydrogen-bond donors (Lipinski definition) is 1. The summed E-state index contributed by atoms with van der Waals surface area (Å²) in [6.45, 7) is 0. The van der Waals surface area contributed by atoms with Crippen LogP contribution in [0.2, 0.25) is 0 Å². The predicted molar refractivity (Wildman–Crippen MR) is 106 cm³/mol. The fourth-order valence-electron chi connectivity index (χ4n) is 2.35. The Morgan fingerprint density at radius 3 is 2.63 bits per heavy atom. The monoisotopic (exact) mass is 381 g/mol. The van der Waals surface area contributed by atoms with Gasteiger partial charge in [0.1, 0.15) is 5.82 Å². The second-order valence-electron chi connectivity index (χ2n) is 5.67. The van der Waals surface area contributed by atoms with E-state index in [2.05, 4.69) is 15.5 Å². The van der Waals surface area contributed by atoms with Crippen LogP contribution in [-0.4, -0.2) is 28.3 Å². The highest BCUT2D eigenvalue weighted by atomic mass is 32.2. The van der Waals surface area contributed by atoms with Crippen LogP contribution in [0.3, 0.4) is 0 Å². The second kappa shape index (κ2) is 9.05. The third-order valence-corrected chi connectivity index (χ3v) is 4.78. The summed E-state index contributed by atoms with van der Waals surface area (Å²) in [5.41, 5.74) is 1.42. The molecular weight excluding hydrogens is 365 g/mol. The molecule has 0 spiro atoms. The van der Waals surface area contributed by atoms with Crippen LogP contribution in [0, 0.1) is 5.82 Å². The minimum atomic E-state index is -0.573. The maximum absolute atomic E-state index is 12.9. The molecule has 1 aliphatic heterocycles. The number of amidine groups is 1. The minimum absolute atomic E-state index is 0.0127. The molecule has 1 aliphatic rings. The van der Waals surface area contributed by atoms with Gasteiger partial charge in [-0.25, -0.2) is 4.39 Å². The van der Waals surface area contributed by atoms with Gasteiger partial charge < -0.3 is 5.32 Å². The molecular formula is C20H16FN3O2S. The third kappa shape index (κ3) is 5.46. The lowest BCUT2D eigenvalue weighted by atomic mass is 10.1. The van der Waals surface area contributed by atoms with Crippen molar-refractivity contribution < 1.29 is 14.0 Å². The van der Waals surface area contributed by atoms with E-state index in [-0.39, 0.29) is 18.1 Å². The van der Waals surface area contributed by atoms with Crippen LogP contribution in [0.25, 0.3) is 6.08 Å². The van der Waals surface area contributed by atoms with Crippen LogP contribution in [0.15, 0.2) is 70.9 Å². The van der Waals surface area contributed by atoms with Crippen LogP contribution in [-0.2, 0) is 4.79 Å². The van der Waals surface area contributed by atoms with Crippen molar-refractivity contribution in [2.24, 2.45) is 10.2 Å². The average Bonchev–Trinajstić information content (AvgIpc) is 3.02. The summed E-state index contributed by atoms with van der Waals surface area (Å²) in [5, 5.41) is 10.2. The molecule has 1 amide bonds. The van der Waals surface area contributed by atoms with Gasteiger partial charge in [0.05, 0.1) is 5.25 Å². The van der Waals surface area contributed by atoms with Gasteiger partial charge in [-0.2, -0.15) is 5.10 Å². The van der Waals surface area contributed by atoms with Crippen LogP contribution >= 0.6 is 11.8 Å². The van der Waals surface area contributed by atoms with Gasteiger partial charge in [-0.15, -0.1) is 5.10 Å². The Morgan fingerprint density at radius 1 is 1.15 bits per heavy atom. The Balaban J connectivity index is 1.54. The predicted octanol–water partition coefficient (Wildman–Crippen LogP) is 3.69. The highest BCUT2D eigenvalue weighted by Crippen LogP contribution is 2.24. The number of thioether (sulfide) groups is 1. The smallest absolute Gasteiger partial charge is 0.240 e. The van der Waals surface area contributed by atoms with Crippen LogP contribution < -0.4 is 5.32 Å². The van der Waals surface area contributed by atoms with E-state index in [1.807, 2.05) is 36.4 Å². The molecule has 5 nitrogen and oxygen atoms in total. The molecule has 27 heavy (non-hydrogen) atoms. The summed E-state index contributed by atoms with van der Waals surface area (Å²) in [6, 6.07) is 15.0. The Kier molecular flexibility index (Phi) is 6.27. The Hall–Kier alpha value is -3.06. The number of hydrogen-bond acceptors (Lipinski definition) is 5. The molecule has 1 atom stereocenters. The first-order valence-corrected chi connectivity index (χ1v) is 9.09. The summed E-state index contributed by atoms with van der Waals surface area (Å²) >= 11 is 1.16. The molecule has 7 heteroatoms.